The van der Waals surface area contributed by atoms with Gasteiger partial charge in [0.1, 0.15) is 0 Å². The number of nitrogens with one attached hydrogen (secondary N) is 2. The predicted octanol–water partition coefficient (Wildman–Crippen LogP) is 1.90. The highest BCUT2D eigenvalue weighted by Gasteiger charge is 2.13. The largest absolute Gasteiger partial charge is 0.454 e. The number of hydrazone groups is 1. The zero-order valence-corrected chi connectivity index (χ0v) is 15.1. The number of fused-ring (bicyclic) bond motifs is 1. The first-order valence-corrected chi connectivity index (χ1v) is 8.45. The molecular formula is C17H14IN3O4. The summed E-state index contributed by atoms with van der Waals surface area (Å²) in [5.41, 5.74) is 3.65. The molecule has 0 saturated heterocycles. The first kappa shape index (κ1) is 17.2. The average molecular weight is 451 g/mol. The van der Waals surface area contributed by atoms with Crippen LogP contribution in [-0.4, -0.2) is 31.4 Å². The zero-order valence-electron chi connectivity index (χ0n) is 13.0. The van der Waals surface area contributed by atoms with Crippen molar-refractivity contribution in [2.45, 2.75) is 0 Å². The molecule has 0 saturated carbocycles. The monoisotopic (exact) mass is 451 g/mol. The Hall–Kier alpha value is -2.62. The number of halogens is 1. The molecule has 0 unspecified atom stereocenters. The van der Waals surface area contributed by atoms with Crippen molar-refractivity contribution in [2.75, 3.05) is 13.3 Å². The van der Waals surface area contributed by atoms with Gasteiger partial charge in [0.2, 0.25) is 6.79 Å². The van der Waals surface area contributed by atoms with Crippen LogP contribution in [0.25, 0.3) is 0 Å². The number of ether oxygens (including phenoxy) is 2. The van der Waals surface area contributed by atoms with Gasteiger partial charge in [0.25, 0.3) is 11.8 Å². The molecule has 1 aliphatic heterocycles. The van der Waals surface area contributed by atoms with Gasteiger partial charge in [-0.15, -0.1) is 0 Å². The SMILES string of the molecule is O=C(CNC(=O)c1ccccc1I)N/N=C/c1ccc2c(c1)OCO2. The van der Waals surface area contributed by atoms with E-state index in [0.29, 0.717) is 17.1 Å². The van der Waals surface area contributed by atoms with E-state index < -0.39 is 5.91 Å². The van der Waals surface area contributed by atoms with Crippen LogP contribution in [0.1, 0.15) is 15.9 Å². The van der Waals surface area contributed by atoms with Crippen molar-refractivity contribution >= 4 is 40.6 Å². The molecule has 1 aliphatic rings. The lowest BCUT2D eigenvalue weighted by molar-refractivity contribution is -0.120. The second-order valence-corrected chi connectivity index (χ2v) is 6.23. The Morgan fingerprint density at radius 1 is 1.16 bits per heavy atom. The van der Waals surface area contributed by atoms with Gasteiger partial charge in [-0.05, 0) is 58.5 Å². The Kier molecular flexibility index (Phi) is 5.49. The third-order valence-electron chi connectivity index (χ3n) is 3.33. The second kappa shape index (κ2) is 7.97. The molecule has 0 bridgehead atoms. The molecule has 0 fully saturated rings. The molecule has 7 nitrogen and oxygen atoms in total. The lowest BCUT2D eigenvalue weighted by Gasteiger charge is -2.05. The maximum atomic E-state index is 12.0. The summed E-state index contributed by atoms with van der Waals surface area (Å²) in [5, 5.41) is 6.42. The van der Waals surface area contributed by atoms with Crippen molar-refractivity contribution in [3.63, 3.8) is 0 Å². The lowest BCUT2D eigenvalue weighted by atomic mass is 10.2. The molecule has 2 aromatic rings. The van der Waals surface area contributed by atoms with Crippen LogP contribution in [0.15, 0.2) is 47.6 Å². The van der Waals surface area contributed by atoms with Gasteiger partial charge in [-0.2, -0.15) is 5.10 Å². The fourth-order valence-corrected chi connectivity index (χ4v) is 2.75. The number of rotatable bonds is 5. The van der Waals surface area contributed by atoms with Crippen LogP contribution in [0.2, 0.25) is 0 Å². The van der Waals surface area contributed by atoms with Crippen LogP contribution in [0.3, 0.4) is 0 Å². The molecule has 1 heterocycles. The molecule has 25 heavy (non-hydrogen) atoms. The number of nitrogens with zero attached hydrogens (tertiary/aromatic N) is 1. The Morgan fingerprint density at radius 3 is 2.80 bits per heavy atom. The first-order chi connectivity index (χ1) is 12.1. The molecule has 0 aliphatic carbocycles. The summed E-state index contributed by atoms with van der Waals surface area (Å²) in [6, 6.07) is 12.5. The fraction of sp³-hybridized carbons (Fsp3) is 0.118. The summed E-state index contributed by atoms with van der Waals surface area (Å²) in [7, 11) is 0. The van der Waals surface area contributed by atoms with E-state index in [0.717, 1.165) is 9.13 Å². The third-order valence-corrected chi connectivity index (χ3v) is 4.27. The van der Waals surface area contributed by atoms with Gasteiger partial charge in [-0.3, -0.25) is 9.59 Å². The first-order valence-electron chi connectivity index (χ1n) is 7.38. The van der Waals surface area contributed by atoms with Gasteiger partial charge in [0, 0.05) is 3.57 Å². The van der Waals surface area contributed by atoms with Crippen LogP contribution in [-0.2, 0) is 4.79 Å². The Morgan fingerprint density at radius 2 is 1.96 bits per heavy atom. The lowest BCUT2D eigenvalue weighted by Crippen LogP contribution is -2.35. The Balaban J connectivity index is 1.48. The summed E-state index contributed by atoms with van der Waals surface area (Å²) in [4.78, 5) is 23.8. The summed E-state index contributed by atoms with van der Waals surface area (Å²) in [6.45, 7) is 0.0367. The fourth-order valence-electron chi connectivity index (χ4n) is 2.11. The van der Waals surface area contributed by atoms with Crippen molar-refractivity contribution in [3.8, 4) is 11.5 Å². The van der Waals surface area contributed by atoms with Gasteiger partial charge in [-0.1, -0.05) is 12.1 Å². The number of hydrogen-bond donors (Lipinski definition) is 2. The van der Waals surface area contributed by atoms with Gasteiger partial charge in [0.05, 0.1) is 18.3 Å². The third kappa shape index (κ3) is 4.47. The van der Waals surface area contributed by atoms with Crippen molar-refractivity contribution in [2.24, 2.45) is 5.10 Å². The van der Waals surface area contributed by atoms with Crippen molar-refractivity contribution in [3.05, 3.63) is 57.2 Å². The van der Waals surface area contributed by atoms with E-state index in [1.54, 1.807) is 30.3 Å². The van der Waals surface area contributed by atoms with Crippen LogP contribution < -0.4 is 20.2 Å². The summed E-state index contributed by atoms with van der Waals surface area (Å²) >= 11 is 2.07. The highest BCUT2D eigenvalue weighted by atomic mass is 127. The maximum Gasteiger partial charge on any atom is 0.259 e. The highest BCUT2D eigenvalue weighted by molar-refractivity contribution is 14.1. The highest BCUT2D eigenvalue weighted by Crippen LogP contribution is 2.31. The van der Waals surface area contributed by atoms with E-state index in [2.05, 4.69) is 38.4 Å². The van der Waals surface area contributed by atoms with Crippen LogP contribution in [0, 0.1) is 3.57 Å². The number of carbonyl (C=O) groups is 2. The number of hydrogen-bond acceptors (Lipinski definition) is 5. The van der Waals surface area contributed by atoms with Crippen LogP contribution in [0.5, 0.6) is 11.5 Å². The summed E-state index contributed by atoms with van der Waals surface area (Å²) in [5.74, 6) is 0.593. The molecule has 8 heteroatoms. The summed E-state index contributed by atoms with van der Waals surface area (Å²) in [6.07, 6.45) is 1.49. The van der Waals surface area contributed by atoms with Crippen molar-refractivity contribution in [1.29, 1.82) is 0 Å². The van der Waals surface area contributed by atoms with Crippen molar-refractivity contribution in [1.82, 2.24) is 10.7 Å². The minimum atomic E-state index is -0.420. The molecule has 2 N–H and O–H groups in total. The smallest absolute Gasteiger partial charge is 0.259 e. The van der Waals surface area contributed by atoms with Crippen LogP contribution in [0.4, 0.5) is 0 Å². The molecule has 2 amide bonds. The molecule has 0 spiro atoms. The second-order valence-electron chi connectivity index (χ2n) is 5.07. The molecule has 2 aromatic carbocycles. The van der Waals surface area contributed by atoms with E-state index in [-0.39, 0.29) is 19.2 Å². The van der Waals surface area contributed by atoms with Gasteiger partial charge >= 0.3 is 0 Å². The van der Waals surface area contributed by atoms with E-state index in [1.807, 2.05) is 12.1 Å². The van der Waals surface area contributed by atoms with Crippen LogP contribution >= 0.6 is 22.6 Å². The molecule has 0 aromatic heterocycles. The molecule has 0 radical (unpaired) electrons. The maximum absolute atomic E-state index is 12.0. The average Bonchev–Trinajstić information content (AvgIpc) is 3.08. The van der Waals surface area contributed by atoms with Gasteiger partial charge in [-0.25, -0.2) is 5.43 Å². The van der Waals surface area contributed by atoms with Gasteiger partial charge in [0.15, 0.2) is 11.5 Å². The van der Waals surface area contributed by atoms with E-state index in [4.69, 9.17) is 9.47 Å². The van der Waals surface area contributed by atoms with E-state index in [9.17, 15) is 9.59 Å². The molecule has 128 valence electrons. The quantitative estimate of drug-likeness (QED) is 0.413. The van der Waals surface area contributed by atoms with E-state index in [1.165, 1.54) is 6.21 Å². The van der Waals surface area contributed by atoms with E-state index >= 15 is 0 Å². The number of amides is 2. The number of carbonyl (C=O) groups excluding carboxylic acids is 2. The zero-order chi connectivity index (χ0) is 17.6. The van der Waals surface area contributed by atoms with Crippen molar-refractivity contribution < 1.29 is 19.1 Å². The molecular weight excluding hydrogens is 437 g/mol. The molecule has 3 rings (SSSR count). The minimum absolute atomic E-state index is 0.164. The molecule has 0 atom stereocenters. The summed E-state index contributed by atoms with van der Waals surface area (Å²) < 4.78 is 11.3. The van der Waals surface area contributed by atoms with Gasteiger partial charge < -0.3 is 14.8 Å². The topological polar surface area (TPSA) is 89.0 Å². The Bertz CT molecular complexity index is 838. The standard InChI is InChI=1S/C17H14IN3O4/c18-13-4-2-1-3-12(13)17(23)19-9-16(22)21-20-8-11-5-6-14-15(7-11)25-10-24-14/h1-8H,9-10H2,(H,19,23)(H,21,22)/b20-8+. The predicted molar refractivity (Wildman–Crippen MR) is 99.8 cm³/mol. The number of benzene rings is 2. The minimum Gasteiger partial charge on any atom is -0.454 e. The normalized spacial score (nSPS) is 12.2. The Labute approximate surface area is 157 Å².